The summed E-state index contributed by atoms with van der Waals surface area (Å²) in [5.41, 5.74) is 1.56. The van der Waals surface area contributed by atoms with Gasteiger partial charge in [-0.1, -0.05) is 0 Å². The van der Waals surface area contributed by atoms with Gasteiger partial charge >= 0.3 is 0 Å². The molecule has 1 amide bonds. The summed E-state index contributed by atoms with van der Waals surface area (Å²) in [6, 6.07) is 7.60. The van der Waals surface area contributed by atoms with E-state index in [1.807, 2.05) is 46.4 Å². The number of hydrogen-bond donors (Lipinski definition) is 1. The van der Waals surface area contributed by atoms with E-state index in [-0.39, 0.29) is 12.3 Å². The van der Waals surface area contributed by atoms with Gasteiger partial charge < -0.3 is 10.1 Å². The molecule has 0 bridgehead atoms. The predicted molar refractivity (Wildman–Crippen MR) is 94.7 cm³/mol. The minimum atomic E-state index is -0.0646. The minimum absolute atomic E-state index is 0.0646. The molecule has 0 unspecified atom stereocenters. The van der Waals surface area contributed by atoms with Gasteiger partial charge in [0, 0.05) is 23.5 Å². The zero-order chi connectivity index (χ0) is 16.4. The molecule has 24 heavy (non-hydrogen) atoms. The number of imidazole rings is 1. The van der Waals surface area contributed by atoms with Crippen LogP contribution < -0.4 is 10.1 Å². The highest BCUT2D eigenvalue weighted by Crippen LogP contribution is 2.25. The van der Waals surface area contributed by atoms with Gasteiger partial charge in [-0.15, -0.1) is 11.3 Å². The zero-order valence-electron chi connectivity index (χ0n) is 13.3. The van der Waals surface area contributed by atoms with E-state index >= 15 is 0 Å². The summed E-state index contributed by atoms with van der Waals surface area (Å²) in [7, 11) is 0. The number of hydrogen-bond acceptors (Lipinski definition) is 4. The fraction of sp³-hybridized carbons (Fsp3) is 0.333. The number of nitrogens with one attached hydrogen (secondary N) is 1. The highest BCUT2D eigenvalue weighted by Gasteiger charge is 2.16. The second-order valence-electron chi connectivity index (χ2n) is 6.10. The molecule has 1 fully saturated rings. The number of ether oxygens (including phenoxy) is 1. The Bertz CT molecular complexity index is 803. The van der Waals surface area contributed by atoms with E-state index in [1.54, 1.807) is 11.3 Å². The monoisotopic (exact) mass is 341 g/mol. The van der Waals surface area contributed by atoms with Crippen LogP contribution in [0.4, 0.5) is 5.69 Å². The highest BCUT2D eigenvalue weighted by atomic mass is 32.1. The fourth-order valence-electron chi connectivity index (χ4n) is 3.05. The van der Waals surface area contributed by atoms with Crippen molar-refractivity contribution in [2.75, 3.05) is 5.32 Å². The Kier molecular flexibility index (Phi) is 4.21. The summed E-state index contributed by atoms with van der Waals surface area (Å²) in [6.45, 7) is 0. The molecule has 6 heteroatoms. The molecule has 1 aromatic carbocycles. The van der Waals surface area contributed by atoms with Crippen molar-refractivity contribution in [3.05, 3.63) is 47.7 Å². The van der Waals surface area contributed by atoms with Gasteiger partial charge in [0.05, 0.1) is 18.2 Å². The third kappa shape index (κ3) is 3.43. The second kappa shape index (κ2) is 6.65. The second-order valence-corrected chi connectivity index (χ2v) is 6.97. The molecule has 0 radical (unpaired) electrons. The lowest BCUT2D eigenvalue weighted by Gasteiger charge is -2.13. The highest BCUT2D eigenvalue weighted by molar-refractivity contribution is 7.15. The van der Waals surface area contributed by atoms with Crippen molar-refractivity contribution in [1.82, 2.24) is 9.38 Å². The van der Waals surface area contributed by atoms with Crippen LogP contribution >= 0.6 is 11.3 Å². The van der Waals surface area contributed by atoms with Crippen LogP contribution in [-0.2, 0) is 11.2 Å². The molecular formula is C18H19N3O2S. The Hall–Kier alpha value is -2.34. The van der Waals surface area contributed by atoms with E-state index < -0.39 is 0 Å². The molecule has 1 N–H and O–H groups in total. The largest absolute Gasteiger partial charge is 0.490 e. The molecule has 4 rings (SSSR count). The van der Waals surface area contributed by atoms with Crippen molar-refractivity contribution < 1.29 is 9.53 Å². The minimum Gasteiger partial charge on any atom is -0.490 e. The SMILES string of the molecule is O=C(Cc1cn2ccsc2n1)Nc1ccc(OC2CCCC2)cc1. The van der Waals surface area contributed by atoms with Crippen molar-refractivity contribution in [1.29, 1.82) is 0 Å². The predicted octanol–water partition coefficient (Wildman–Crippen LogP) is 3.90. The molecular weight excluding hydrogens is 322 g/mol. The third-order valence-electron chi connectivity index (χ3n) is 4.23. The van der Waals surface area contributed by atoms with Crippen LogP contribution in [0.15, 0.2) is 42.0 Å². The fourth-order valence-corrected chi connectivity index (χ4v) is 3.77. The lowest BCUT2D eigenvalue weighted by atomic mass is 10.2. The Morgan fingerprint density at radius 1 is 1.29 bits per heavy atom. The number of fused-ring (bicyclic) bond motifs is 1. The molecule has 0 spiro atoms. The topological polar surface area (TPSA) is 55.6 Å². The molecule has 0 aliphatic heterocycles. The number of anilines is 1. The van der Waals surface area contributed by atoms with E-state index in [4.69, 9.17) is 4.74 Å². The summed E-state index contributed by atoms with van der Waals surface area (Å²) in [5.74, 6) is 0.805. The molecule has 5 nitrogen and oxygen atoms in total. The molecule has 2 aromatic heterocycles. The Morgan fingerprint density at radius 2 is 2.08 bits per heavy atom. The summed E-state index contributed by atoms with van der Waals surface area (Å²) < 4.78 is 7.86. The van der Waals surface area contributed by atoms with E-state index in [2.05, 4.69) is 10.3 Å². The quantitative estimate of drug-likeness (QED) is 0.766. The van der Waals surface area contributed by atoms with Crippen molar-refractivity contribution >= 4 is 27.9 Å². The number of nitrogens with zero attached hydrogens (tertiary/aromatic N) is 2. The van der Waals surface area contributed by atoms with Crippen molar-refractivity contribution in [2.45, 2.75) is 38.2 Å². The summed E-state index contributed by atoms with van der Waals surface area (Å²) in [4.78, 5) is 17.5. The third-order valence-corrected chi connectivity index (χ3v) is 5.00. The average molecular weight is 341 g/mol. The number of thiazole rings is 1. The van der Waals surface area contributed by atoms with Gasteiger partial charge in [0.25, 0.3) is 0 Å². The normalized spacial score (nSPS) is 15.0. The van der Waals surface area contributed by atoms with Crippen molar-refractivity contribution in [3.63, 3.8) is 0 Å². The summed E-state index contributed by atoms with van der Waals surface area (Å²) in [6.07, 6.45) is 9.24. The number of amides is 1. The Morgan fingerprint density at radius 3 is 2.83 bits per heavy atom. The first-order chi connectivity index (χ1) is 11.8. The van der Waals surface area contributed by atoms with Gasteiger partial charge in [0.15, 0.2) is 4.96 Å². The number of rotatable bonds is 5. The summed E-state index contributed by atoms with van der Waals surface area (Å²) >= 11 is 1.56. The molecule has 3 aromatic rings. The molecule has 1 saturated carbocycles. The molecule has 1 aliphatic rings. The van der Waals surface area contributed by atoms with Gasteiger partial charge in [-0.2, -0.15) is 0 Å². The van der Waals surface area contributed by atoms with Crippen molar-refractivity contribution in [2.24, 2.45) is 0 Å². The number of benzene rings is 1. The van der Waals surface area contributed by atoms with E-state index in [0.29, 0.717) is 6.10 Å². The first kappa shape index (κ1) is 15.2. The maximum Gasteiger partial charge on any atom is 0.230 e. The van der Waals surface area contributed by atoms with Gasteiger partial charge in [-0.25, -0.2) is 4.98 Å². The number of aromatic nitrogens is 2. The van der Waals surface area contributed by atoms with Crippen LogP contribution in [0.5, 0.6) is 5.75 Å². The maximum atomic E-state index is 12.2. The van der Waals surface area contributed by atoms with E-state index in [9.17, 15) is 4.79 Å². The van der Waals surface area contributed by atoms with Gasteiger partial charge in [-0.3, -0.25) is 9.20 Å². The van der Waals surface area contributed by atoms with Crippen LogP contribution in [0.3, 0.4) is 0 Å². The van der Waals surface area contributed by atoms with E-state index in [1.165, 1.54) is 12.8 Å². The smallest absolute Gasteiger partial charge is 0.230 e. The number of carbonyl (C=O) groups excluding carboxylic acids is 1. The lowest BCUT2D eigenvalue weighted by Crippen LogP contribution is -2.14. The number of carbonyl (C=O) groups is 1. The van der Waals surface area contributed by atoms with Crippen LogP contribution in [0, 0.1) is 0 Å². The molecule has 124 valence electrons. The van der Waals surface area contributed by atoms with Gasteiger partial charge in [0.2, 0.25) is 5.91 Å². The van der Waals surface area contributed by atoms with Crippen LogP contribution in [0.2, 0.25) is 0 Å². The van der Waals surface area contributed by atoms with Crippen LogP contribution in [0.1, 0.15) is 31.4 Å². The first-order valence-electron chi connectivity index (χ1n) is 8.24. The standard InChI is InChI=1S/C18H19N3O2S/c22-17(11-14-12-21-9-10-24-18(21)20-14)19-13-5-7-16(8-6-13)23-15-3-1-2-4-15/h5-10,12,15H,1-4,11H2,(H,19,22). The van der Waals surface area contributed by atoms with Crippen LogP contribution in [0.25, 0.3) is 4.96 Å². The zero-order valence-corrected chi connectivity index (χ0v) is 14.1. The van der Waals surface area contributed by atoms with Gasteiger partial charge in [-0.05, 0) is 49.9 Å². The molecule has 0 saturated heterocycles. The van der Waals surface area contributed by atoms with E-state index in [0.717, 1.165) is 34.9 Å². The summed E-state index contributed by atoms with van der Waals surface area (Å²) in [5, 5.41) is 4.88. The molecule has 2 heterocycles. The van der Waals surface area contributed by atoms with Gasteiger partial charge in [0.1, 0.15) is 5.75 Å². The Labute approximate surface area is 144 Å². The first-order valence-corrected chi connectivity index (χ1v) is 9.12. The Balaban J connectivity index is 1.33. The lowest BCUT2D eigenvalue weighted by molar-refractivity contribution is -0.115. The molecule has 1 aliphatic carbocycles. The molecule has 0 atom stereocenters. The average Bonchev–Trinajstić information content (AvgIpc) is 3.26. The van der Waals surface area contributed by atoms with Crippen molar-refractivity contribution in [3.8, 4) is 5.75 Å². The maximum absolute atomic E-state index is 12.2. The van der Waals surface area contributed by atoms with Crippen LogP contribution in [-0.4, -0.2) is 21.4 Å².